The van der Waals surface area contributed by atoms with Crippen molar-refractivity contribution in [2.24, 2.45) is 5.92 Å². The molecule has 2 rings (SSSR count). The van der Waals surface area contributed by atoms with Crippen molar-refractivity contribution in [3.8, 4) is 0 Å². The third-order valence-corrected chi connectivity index (χ3v) is 4.58. The van der Waals surface area contributed by atoms with Crippen LogP contribution in [0.4, 0.5) is 26.5 Å². The lowest BCUT2D eigenvalue weighted by molar-refractivity contribution is -0.178. The number of carboxylic acid groups (broad SMARTS) is 3. The van der Waals surface area contributed by atoms with Gasteiger partial charge in [0.2, 0.25) is 5.82 Å². The molecule has 0 amide bonds. The molecule has 0 aliphatic heterocycles. The summed E-state index contributed by atoms with van der Waals surface area (Å²) in [7, 11) is 0. The van der Waals surface area contributed by atoms with Crippen LogP contribution in [0.25, 0.3) is 5.57 Å². The van der Waals surface area contributed by atoms with E-state index in [1.807, 2.05) is 0 Å². The van der Waals surface area contributed by atoms with Crippen LogP contribution in [0.15, 0.2) is 27.9 Å². The van der Waals surface area contributed by atoms with Crippen LogP contribution < -0.4 is 0 Å². The number of aliphatic carboxylic acids is 3. The zero-order valence-corrected chi connectivity index (χ0v) is 16.2. The SMILES string of the molecule is CC(C)=C1C(c2c(F)c(F)c(F)c(F)c2F)=C(C(=O)OF)C(C(=O)O)=C(C(=O)O)C1C(=O)O. The van der Waals surface area contributed by atoms with E-state index in [1.54, 1.807) is 0 Å². The van der Waals surface area contributed by atoms with Gasteiger partial charge in [-0.3, -0.25) is 4.79 Å². The maximum atomic E-state index is 14.6. The van der Waals surface area contributed by atoms with Gasteiger partial charge in [-0.1, -0.05) is 5.57 Å². The molecule has 1 unspecified atom stereocenters. The summed E-state index contributed by atoms with van der Waals surface area (Å²) < 4.78 is 83.4. The van der Waals surface area contributed by atoms with Crippen LogP contribution in [0, 0.1) is 35.0 Å². The molecule has 14 heteroatoms. The number of carboxylic acids is 3. The molecule has 1 aliphatic carbocycles. The Balaban J connectivity index is 3.40. The molecule has 3 N–H and O–H groups in total. The highest BCUT2D eigenvalue weighted by atomic mass is 19.3. The van der Waals surface area contributed by atoms with Crippen LogP contribution in [0.3, 0.4) is 0 Å². The molecule has 33 heavy (non-hydrogen) atoms. The number of carbonyl (C=O) groups is 4. The molecule has 1 aromatic rings. The van der Waals surface area contributed by atoms with Crippen molar-refractivity contribution in [2.75, 3.05) is 0 Å². The summed E-state index contributed by atoms with van der Waals surface area (Å²) >= 11 is 0. The summed E-state index contributed by atoms with van der Waals surface area (Å²) in [5, 5.41) is 28.5. The van der Waals surface area contributed by atoms with E-state index >= 15 is 0 Å². The lowest BCUT2D eigenvalue weighted by Crippen LogP contribution is -2.34. The monoisotopic (exact) mass is 480 g/mol. The third kappa shape index (κ3) is 3.83. The minimum Gasteiger partial charge on any atom is -0.481 e. The fraction of sp³-hybridized carbons (Fsp3) is 0.158. The average molecular weight is 480 g/mol. The number of hydrogen-bond donors (Lipinski definition) is 3. The van der Waals surface area contributed by atoms with Gasteiger partial charge < -0.3 is 15.3 Å². The van der Waals surface area contributed by atoms with Crippen molar-refractivity contribution >= 4 is 29.5 Å². The van der Waals surface area contributed by atoms with E-state index in [2.05, 4.69) is 4.94 Å². The third-order valence-electron chi connectivity index (χ3n) is 4.58. The predicted octanol–water partition coefficient (Wildman–Crippen LogP) is 3.08. The first-order valence-electron chi connectivity index (χ1n) is 8.41. The van der Waals surface area contributed by atoms with Gasteiger partial charge in [0, 0.05) is 10.1 Å². The molecule has 1 aromatic carbocycles. The van der Waals surface area contributed by atoms with Crippen molar-refractivity contribution in [3.63, 3.8) is 0 Å². The summed E-state index contributed by atoms with van der Waals surface area (Å²) in [4.78, 5) is 50.4. The van der Waals surface area contributed by atoms with Gasteiger partial charge >= 0.3 is 23.9 Å². The summed E-state index contributed by atoms with van der Waals surface area (Å²) in [6.45, 7) is 2.00. The fourth-order valence-corrected chi connectivity index (χ4v) is 3.39. The number of carbonyl (C=O) groups excluding carboxylic acids is 1. The van der Waals surface area contributed by atoms with Crippen molar-refractivity contribution in [1.29, 1.82) is 0 Å². The first-order valence-corrected chi connectivity index (χ1v) is 8.41. The molecule has 1 aliphatic rings. The van der Waals surface area contributed by atoms with Gasteiger partial charge in [-0.25, -0.2) is 41.3 Å². The average Bonchev–Trinajstić information content (AvgIpc) is 2.73. The minimum absolute atomic E-state index is 0.353. The van der Waals surface area contributed by atoms with Gasteiger partial charge in [0.15, 0.2) is 23.3 Å². The lowest BCUT2D eigenvalue weighted by Gasteiger charge is -2.30. The Bertz CT molecular complexity index is 1190. The standard InChI is InChI=1S/C19H10F6O8/c1-3(2)4-5(10-11(20)13(22)15(24)14(23)12(10)21)9(19(32)33-25)8(18(30)31)7(17(28)29)6(4)16(26)27/h6H,1-2H3,(H,26,27)(H,28,29)(H,30,31). The summed E-state index contributed by atoms with van der Waals surface area (Å²) in [6, 6.07) is 0. The van der Waals surface area contributed by atoms with Crippen molar-refractivity contribution in [2.45, 2.75) is 13.8 Å². The van der Waals surface area contributed by atoms with E-state index in [0.717, 1.165) is 13.8 Å². The molecule has 0 heterocycles. The quantitative estimate of drug-likeness (QED) is 0.332. The van der Waals surface area contributed by atoms with Crippen molar-refractivity contribution in [1.82, 2.24) is 0 Å². The second kappa shape index (κ2) is 8.80. The normalized spacial score (nSPS) is 16.1. The second-order valence-corrected chi connectivity index (χ2v) is 6.64. The van der Waals surface area contributed by atoms with Gasteiger partial charge in [0.05, 0.1) is 22.3 Å². The van der Waals surface area contributed by atoms with Crippen LogP contribution in [0.5, 0.6) is 0 Å². The molecule has 0 radical (unpaired) electrons. The molecule has 0 spiro atoms. The van der Waals surface area contributed by atoms with Crippen molar-refractivity contribution in [3.05, 3.63) is 62.5 Å². The maximum Gasteiger partial charge on any atom is 0.381 e. The topological polar surface area (TPSA) is 138 Å². The van der Waals surface area contributed by atoms with Gasteiger partial charge in [0.25, 0.3) is 0 Å². The number of allylic oxidation sites excluding steroid dienone is 2. The van der Waals surface area contributed by atoms with E-state index in [0.29, 0.717) is 0 Å². The minimum atomic E-state index is -2.64. The molecular weight excluding hydrogens is 470 g/mol. The molecule has 0 bridgehead atoms. The molecular formula is C19H10F6O8. The number of hydrogen-bond acceptors (Lipinski definition) is 5. The van der Waals surface area contributed by atoms with E-state index in [1.165, 1.54) is 0 Å². The van der Waals surface area contributed by atoms with Gasteiger partial charge in [0.1, 0.15) is 5.92 Å². The maximum absolute atomic E-state index is 14.6. The highest BCUT2D eigenvalue weighted by Gasteiger charge is 2.48. The van der Waals surface area contributed by atoms with Crippen LogP contribution in [-0.2, 0) is 24.1 Å². The number of rotatable bonds is 5. The van der Waals surface area contributed by atoms with Gasteiger partial charge in [-0.2, -0.15) is 0 Å². The van der Waals surface area contributed by atoms with E-state index in [4.69, 9.17) is 0 Å². The Morgan fingerprint density at radius 3 is 1.55 bits per heavy atom. The Kier molecular flexibility index (Phi) is 6.71. The van der Waals surface area contributed by atoms with Gasteiger partial charge in [-0.15, -0.1) is 0 Å². The van der Waals surface area contributed by atoms with Gasteiger partial charge in [-0.05, 0) is 19.4 Å². The Hall–Kier alpha value is -4.10. The second-order valence-electron chi connectivity index (χ2n) is 6.64. The van der Waals surface area contributed by atoms with Crippen LogP contribution in [0.1, 0.15) is 19.4 Å². The molecule has 1 atom stereocenters. The zero-order valence-electron chi connectivity index (χ0n) is 16.2. The van der Waals surface area contributed by atoms with Crippen LogP contribution >= 0.6 is 0 Å². The smallest absolute Gasteiger partial charge is 0.381 e. The molecule has 0 aromatic heterocycles. The van der Waals surface area contributed by atoms with E-state index < -0.39 is 92.3 Å². The molecule has 0 saturated carbocycles. The predicted molar refractivity (Wildman–Crippen MR) is 92.1 cm³/mol. The number of halogens is 6. The first-order chi connectivity index (χ1) is 15.2. The van der Waals surface area contributed by atoms with E-state index in [9.17, 15) is 61.0 Å². The highest BCUT2D eigenvalue weighted by molar-refractivity contribution is 6.21. The largest absolute Gasteiger partial charge is 0.481 e. The zero-order chi connectivity index (χ0) is 25.5. The molecule has 0 saturated heterocycles. The van der Waals surface area contributed by atoms with E-state index in [-0.39, 0.29) is 5.57 Å². The Morgan fingerprint density at radius 2 is 1.21 bits per heavy atom. The Labute approximate surface area is 178 Å². The highest BCUT2D eigenvalue weighted by Crippen LogP contribution is 2.47. The first kappa shape index (κ1) is 25.2. The lowest BCUT2D eigenvalue weighted by atomic mass is 9.71. The fourth-order valence-electron chi connectivity index (χ4n) is 3.39. The Morgan fingerprint density at radius 1 is 0.758 bits per heavy atom. The summed E-state index contributed by atoms with van der Waals surface area (Å²) in [6.07, 6.45) is 0. The number of benzene rings is 1. The van der Waals surface area contributed by atoms with Crippen molar-refractivity contribution < 1.29 is 65.9 Å². The van der Waals surface area contributed by atoms with Crippen LogP contribution in [-0.4, -0.2) is 39.2 Å². The summed E-state index contributed by atoms with van der Waals surface area (Å²) in [5.74, 6) is -24.8. The molecule has 0 fully saturated rings. The molecule has 8 nitrogen and oxygen atoms in total. The van der Waals surface area contributed by atoms with Crippen LogP contribution in [0.2, 0.25) is 0 Å². The summed E-state index contributed by atoms with van der Waals surface area (Å²) in [5.41, 5.74) is -10.1. The molecule has 176 valence electrons.